The molecule has 4 nitrogen and oxygen atoms in total. The summed E-state index contributed by atoms with van der Waals surface area (Å²) in [7, 11) is 0. The van der Waals surface area contributed by atoms with Gasteiger partial charge < -0.3 is 15.6 Å². The number of primary amides is 1. The summed E-state index contributed by atoms with van der Waals surface area (Å²) in [6.45, 7) is 3.37. The van der Waals surface area contributed by atoms with E-state index in [9.17, 15) is 9.90 Å². The topological polar surface area (TPSA) is 72.6 Å². The lowest BCUT2D eigenvalue weighted by Gasteiger charge is -2.13. The second kappa shape index (κ2) is 4.79. The number of ether oxygens (including phenoxy) is 1. The Kier molecular flexibility index (Phi) is 3.68. The van der Waals surface area contributed by atoms with Gasteiger partial charge in [0.15, 0.2) is 6.61 Å². The number of aryl methyl sites for hydroxylation is 1. The molecule has 15 heavy (non-hydrogen) atoms. The van der Waals surface area contributed by atoms with E-state index in [0.29, 0.717) is 11.3 Å². The Hall–Kier alpha value is -1.55. The van der Waals surface area contributed by atoms with Gasteiger partial charge in [-0.1, -0.05) is 12.1 Å². The Morgan fingerprint density at radius 1 is 1.60 bits per heavy atom. The monoisotopic (exact) mass is 209 g/mol. The average Bonchev–Trinajstić information content (AvgIpc) is 2.14. The highest BCUT2D eigenvalue weighted by Crippen LogP contribution is 2.26. The summed E-state index contributed by atoms with van der Waals surface area (Å²) >= 11 is 0. The van der Waals surface area contributed by atoms with Crippen LogP contribution in [0.5, 0.6) is 5.75 Å². The number of hydrogen-bond acceptors (Lipinski definition) is 3. The number of hydrogen-bond donors (Lipinski definition) is 2. The molecule has 4 heteroatoms. The van der Waals surface area contributed by atoms with Gasteiger partial charge in [-0.25, -0.2) is 0 Å². The third-order valence-electron chi connectivity index (χ3n) is 1.99. The maximum absolute atomic E-state index is 10.6. The van der Waals surface area contributed by atoms with Crippen LogP contribution in [0.1, 0.15) is 24.2 Å². The van der Waals surface area contributed by atoms with Crippen molar-refractivity contribution in [3.05, 3.63) is 29.3 Å². The first kappa shape index (κ1) is 11.5. The Labute approximate surface area is 88.7 Å². The third-order valence-corrected chi connectivity index (χ3v) is 1.99. The molecule has 0 spiro atoms. The van der Waals surface area contributed by atoms with Crippen LogP contribution in [0, 0.1) is 6.92 Å². The maximum atomic E-state index is 10.6. The molecule has 0 aliphatic heterocycles. The van der Waals surface area contributed by atoms with Crippen molar-refractivity contribution >= 4 is 5.91 Å². The minimum absolute atomic E-state index is 0.177. The molecular formula is C11H15NO3. The molecule has 0 aliphatic carbocycles. The first-order valence-corrected chi connectivity index (χ1v) is 4.70. The van der Waals surface area contributed by atoms with Crippen molar-refractivity contribution in [3.8, 4) is 5.75 Å². The number of rotatable bonds is 4. The molecule has 0 unspecified atom stereocenters. The minimum Gasteiger partial charge on any atom is -0.483 e. The zero-order valence-electron chi connectivity index (χ0n) is 8.86. The molecule has 1 atom stereocenters. The molecule has 0 fully saturated rings. The molecule has 0 aliphatic rings. The van der Waals surface area contributed by atoms with Crippen molar-refractivity contribution < 1.29 is 14.6 Å². The predicted molar refractivity (Wildman–Crippen MR) is 56.5 cm³/mol. The van der Waals surface area contributed by atoms with Gasteiger partial charge in [-0.2, -0.15) is 0 Å². The number of nitrogens with two attached hydrogens (primary N) is 1. The van der Waals surface area contributed by atoms with Crippen LogP contribution in [-0.2, 0) is 4.79 Å². The van der Waals surface area contributed by atoms with Gasteiger partial charge in [-0.05, 0) is 25.5 Å². The first-order chi connectivity index (χ1) is 7.00. The van der Waals surface area contributed by atoms with E-state index in [0.717, 1.165) is 5.56 Å². The van der Waals surface area contributed by atoms with Crippen molar-refractivity contribution in [1.29, 1.82) is 0 Å². The molecular weight excluding hydrogens is 194 g/mol. The van der Waals surface area contributed by atoms with Crippen molar-refractivity contribution in [2.24, 2.45) is 5.73 Å². The number of benzene rings is 1. The summed E-state index contributed by atoms with van der Waals surface area (Å²) in [6, 6.07) is 5.42. The Bertz CT molecular complexity index is 361. The SMILES string of the molecule is Cc1ccc([C@@H](C)O)c(OCC(N)=O)c1. The largest absolute Gasteiger partial charge is 0.483 e. The highest BCUT2D eigenvalue weighted by atomic mass is 16.5. The summed E-state index contributed by atoms with van der Waals surface area (Å²) in [5.41, 5.74) is 6.63. The number of amides is 1. The van der Waals surface area contributed by atoms with E-state index in [1.165, 1.54) is 0 Å². The summed E-state index contributed by atoms with van der Waals surface area (Å²) in [6.07, 6.45) is -0.631. The lowest BCUT2D eigenvalue weighted by molar-refractivity contribution is -0.120. The van der Waals surface area contributed by atoms with Crippen molar-refractivity contribution in [3.63, 3.8) is 0 Å². The molecule has 0 bridgehead atoms. The van der Waals surface area contributed by atoms with E-state index in [-0.39, 0.29) is 6.61 Å². The quantitative estimate of drug-likeness (QED) is 0.774. The molecule has 1 aromatic carbocycles. The number of aliphatic hydroxyl groups is 1. The van der Waals surface area contributed by atoms with Crippen LogP contribution in [0.15, 0.2) is 18.2 Å². The van der Waals surface area contributed by atoms with E-state index in [4.69, 9.17) is 10.5 Å². The third kappa shape index (κ3) is 3.25. The highest BCUT2D eigenvalue weighted by Gasteiger charge is 2.09. The molecule has 3 N–H and O–H groups in total. The van der Waals surface area contributed by atoms with E-state index >= 15 is 0 Å². The molecule has 0 aromatic heterocycles. The minimum atomic E-state index is -0.631. The molecule has 0 radical (unpaired) electrons. The van der Waals surface area contributed by atoms with Crippen LogP contribution in [-0.4, -0.2) is 17.6 Å². The first-order valence-electron chi connectivity index (χ1n) is 4.70. The number of carbonyl (C=O) groups excluding carboxylic acids is 1. The van der Waals surface area contributed by atoms with Gasteiger partial charge in [0.1, 0.15) is 5.75 Å². The normalized spacial score (nSPS) is 12.2. The molecule has 1 amide bonds. The lowest BCUT2D eigenvalue weighted by Crippen LogP contribution is -2.20. The van der Waals surface area contributed by atoms with E-state index in [1.54, 1.807) is 19.1 Å². The Balaban J connectivity index is 2.91. The average molecular weight is 209 g/mol. The van der Waals surface area contributed by atoms with Crippen molar-refractivity contribution in [2.45, 2.75) is 20.0 Å². The summed E-state index contributed by atoms with van der Waals surface area (Å²) in [5, 5.41) is 9.46. The van der Waals surface area contributed by atoms with Crippen LogP contribution >= 0.6 is 0 Å². The van der Waals surface area contributed by atoms with Crippen LogP contribution in [0.2, 0.25) is 0 Å². The van der Waals surface area contributed by atoms with Gasteiger partial charge >= 0.3 is 0 Å². The molecule has 1 rings (SSSR count). The van der Waals surface area contributed by atoms with Gasteiger partial charge in [0.05, 0.1) is 6.10 Å². The fourth-order valence-electron chi connectivity index (χ4n) is 1.26. The second-order valence-corrected chi connectivity index (χ2v) is 3.47. The molecule has 0 saturated carbocycles. The Morgan fingerprint density at radius 2 is 2.27 bits per heavy atom. The Morgan fingerprint density at radius 3 is 2.80 bits per heavy atom. The fraction of sp³-hybridized carbons (Fsp3) is 0.364. The van der Waals surface area contributed by atoms with E-state index < -0.39 is 12.0 Å². The molecule has 1 aromatic rings. The summed E-state index contributed by atoms with van der Waals surface area (Å²) in [4.78, 5) is 10.6. The van der Waals surface area contributed by atoms with Gasteiger partial charge in [0.25, 0.3) is 5.91 Å². The van der Waals surface area contributed by atoms with E-state index in [1.807, 2.05) is 13.0 Å². The zero-order valence-corrected chi connectivity index (χ0v) is 8.86. The van der Waals surface area contributed by atoms with Crippen LogP contribution < -0.4 is 10.5 Å². The number of carbonyl (C=O) groups is 1. The smallest absolute Gasteiger partial charge is 0.255 e. The predicted octanol–water partition coefficient (Wildman–Crippen LogP) is 0.912. The zero-order chi connectivity index (χ0) is 11.4. The van der Waals surface area contributed by atoms with Crippen molar-refractivity contribution in [2.75, 3.05) is 6.61 Å². The molecule has 82 valence electrons. The van der Waals surface area contributed by atoms with Crippen LogP contribution in [0.4, 0.5) is 0 Å². The summed E-state index contributed by atoms with van der Waals surface area (Å²) < 4.78 is 5.21. The lowest BCUT2D eigenvalue weighted by atomic mass is 10.1. The second-order valence-electron chi connectivity index (χ2n) is 3.47. The van der Waals surface area contributed by atoms with Gasteiger partial charge in [0, 0.05) is 5.56 Å². The van der Waals surface area contributed by atoms with Gasteiger partial charge in [0.2, 0.25) is 0 Å². The van der Waals surface area contributed by atoms with Crippen LogP contribution in [0.25, 0.3) is 0 Å². The highest BCUT2D eigenvalue weighted by molar-refractivity contribution is 5.75. The van der Waals surface area contributed by atoms with Crippen LogP contribution in [0.3, 0.4) is 0 Å². The van der Waals surface area contributed by atoms with E-state index in [2.05, 4.69) is 0 Å². The fourth-order valence-corrected chi connectivity index (χ4v) is 1.26. The maximum Gasteiger partial charge on any atom is 0.255 e. The van der Waals surface area contributed by atoms with Gasteiger partial charge in [-0.3, -0.25) is 4.79 Å². The number of aliphatic hydroxyl groups excluding tert-OH is 1. The molecule has 0 saturated heterocycles. The van der Waals surface area contributed by atoms with Crippen molar-refractivity contribution in [1.82, 2.24) is 0 Å². The standard InChI is InChI=1S/C11H15NO3/c1-7-3-4-9(8(2)13)10(5-7)15-6-11(12)14/h3-5,8,13H,6H2,1-2H3,(H2,12,14)/t8-/m1/s1. The van der Waals surface area contributed by atoms with Gasteiger partial charge in [-0.15, -0.1) is 0 Å². The summed E-state index contributed by atoms with van der Waals surface area (Å²) in [5.74, 6) is -0.0307. The molecule has 0 heterocycles.